The molecule has 0 spiro atoms. The van der Waals surface area contributed by atoms with E-state index in [9.17, 15) is 14.4 Å². The van der Waals surface area contributed by atoms with Crippen LogP contribution < -0.4 is 42.6 Å². The number of carbonyl (C=O) groups excluding carboxylic acids is 3. The molecule has 1 heterocycles. The van der Waals surface area contributed by atoms with Gasteiger partial charge < -0.3 is 42.6 Å². The van der Waals surface area contributed by atoms with E-state index in [1.54, 1.807) is 18.8 Å². The first-order valence-electron chi connectivity index (χ1n) is 18.1. The van der Waals surface area contributed by atoms with Gasteiger partial charge >= 0.3 is 18.0 Å². The number of nitrogens with zero attached hydrogens (tertiary/aromatic N) is 6. The van der Waals surface area contributed by atoms with Gasteiger partial charge in [0.25, 0.3) is 18.8 Å². The largest absolute Gasteiger partial charge is 0.453 e. The molecule has 63 heavy (non-hydrogen) atoms. The molecular formula is C45H24N6O12. The topological polar surface area (TPSA) is 244 Å². The summed E-state index contributed by atoms with van der Waals surface area (Å²) in [5.74, 6) is 7.56. The molecule has 0 N–H and O–H groups in total. The second kappa shape index (κ2) is 19.7. The Hall–Kier alpha value is -9.87. The van der Waals surface area contributed by atoms with Gasteiger partial charge in [0.2, 0.25) is 0 Å². The van der Waals surface area contributed by atoms with Crippen molar-refractivity contribution in [3.05, 3.63) is 161 Å². The third kappa shape index (κ3) is 10.8. The van der Waals surface area contributed by atoms with E-state index in [1.165, 1.54) is 109 Å². The molecule has 3 aliphatic rings. The highest BCUT2D eigenvalue weighted by Crippen LogP contribution is 2.33. The second-order valence-electron chi connectivity index (χ2n) is 12.5. The number of aromatic nitrogens is 3. The molecule has 0 saturated heterocycles. The van der Waals surface area contributed by atoms with Gasteiger partial charge in [0.15, 0.2) is 34.6 Å². The zero-order chi connectivity index (χ0) is 44.0. The summed E-state index contributed by atoms with van der Waals surface area (Å²) in [5, 5.41) is 26.6. The number of allylic oxidation sites excluding steroid dienone is 9. The third-order valence-corrected chi connectivity index (χ3v) is 8.38. The van der Waals surface area contributed by atoms with E-state index >= 15 is 0 Å². The second-order valence-corrected chi connectivity index (χ2v) is 12.5. The normalized spacial score (nSPS) is 14.0. The molecule has 0 saturated carbocycles. The van der Waals surface area contributed by atoms with Crippen molar-refractivity contribution in [3.8, 4) is 71.3 Å². The Morgan fingerprint density at radius 2 is 0.619 bits per heavy atom. The van der Waals surface area contributed by atoms with Crippen LogP contribution in [0.25, 0.3) is 0 Å². The van der Waals surface area contributed by atoms with E-state index in [4.69, 9.17) is 58.4 Å². The Labute approximate surface area is 355 Å². The van der Waals surface area contributed by atoms with Crippen molar-refractivity contribution in [2.24, 2.45) is 0 Å². The Bertz CT molecular complexity index is 2600. The molecule has 18 heteroatoms. The van der Waals surface area contributed by atoms with Gasteiger partial charge in [-0.25, -0.2) is 14.4 Å². The Morgan fingerprint density at radius 3 is 0.857 bits per heavy atom. The standard InChI is InChI=1S/C45H24N6O12/c46-25-55-31-4-10-34(11-5-31)58-40-19-28(22-52)1-16-37(40)61-43-49-44(62-38-17-2-29(23-53)20-41(38)59-35-12-6-32(7-13-35)56-26-47)51-45(50-43)63-39-18-3-30(24-54)21-42(39)60-36-14-8-33(9-15-36)57-27-48/h4-21H,1-3H2. The number of hydrogen-bond acceptors (Lipinski definition) is 18. The summed E-state index contributed by atoms with van der Waals surface area (Å²) in [6.45, 7) is 0. The minimum absolute atomic E-state index is 0.0554. The fraction of sp³-hybridized carbons (Fsp3) is 0.0667. The first kappa shape index (κ1) is 41.3. The molecule has 3 aliphatic carbocycles. The molecule has 0 bridgehead atoms. The molecular weight excluding hydrogens is 817 g/mol. The van der Waals surface area contributed by atoms with Crippen LogP contribution in [0.2, 0.25) is 0 Å². The van der Waals surface area contributed by atoms with Crippen molar-refractivity contribution in [1.29, 1.82) is 15.8 Å². The molecule has 0 aliphatic heterocycles. The van der Waals surface area contributed by atoms with Gasteiger partial charge in [-0.3, -0.25) is 0 Å². The maximum Gasteiger partial charge on any atom is 0.331 e. The van der Waals surface area contributed by atoms with Crippen LogP contribution in [-0.2, 0) is 14.4 Å². The van der Waals surface area contributed by atoms with Crippen molar-refractivity contribution in [2.45, 2.75) is 19.3 Å². The zero-order valence-electron chi connectivity index (χ0n) is 32.1. The number of hydrogen-bond donors (Lipinski definition) is 0. The summed E-state index contributed by atoms with van der Waals surface area (Å²) in [6.07, 6.45) is 13.9. The molecule has 0 radical (unpaired) electrons. The lowest BCUT2D eigenvalue weighted by Crippen LogP contribution is -2.15. The molecule has 0 fully saturated rings. The maximum atomic E-state index is 11.7. The van der Waals surface area contributed by atoms with Crippen LogP contribution in [0.5, 0.6) is 52.5 Å². The van der Waals surface area contributed by atoms with Gasteiger partial charge in [-0.05, 0) is 109 Å². The van der Waals surface area contributed by atoms with E-state index in [0.717, 1.165) is 0 Å². The number of benzene rings is 3. The molecule has 3 aromatic carbocycles. The highest BCUT2D eigenvalue weighted by molar-refractivity contribution is 5.62. The van der Waals surface area contributed by atoms with E-state index in [0.29, 0.717) is 0 Å². The summed E-state index contributed by atoms with van der Waals surface area (Å²) < 4.78 is 51.1. The molecule has 1 aromatic heterocycles. The van der Waals surface area contributed by atoms with Gasteiger partial charge in [-0.1, -0.05) is 0 Å². The van der Waals surface area contributed by atoms with Gasteiger partial charge in [-0.2, -0.15) is 0 Å². The van der Waals surface area contributed by atoms with Crippen LogP contribution in [0.3, 0.4) is 0 Å². The molecule has 0 atom stereocenters. The van der Waals surface area contributed by atoms with Gasteiger partial charge in [0.1, 0.15) is 52.3 Å². The van der Waals surface area contributed by atoms with Crippen LogP contribution in [0.15, 0.2) is 161 Å². The maximum absolute atomic E-state index is 11.7. The number of rotatable bonds is 15. The fourth-order valence-electron chi connectivity index (χ4n) is 5.52. The van der Waals surface area contributed by atoms with Crippen LogP contribution in [0.4, 0.5) is 0 Å². The first-order chi connectivity index (χ1) is 30.8. The quantitative estimate of drug-likeness (QED) is 0.0902. The average Bonchev–Trinajstić information content (AvgIpc) is 3.30. The molecule has 0 unspecified atom stereocenters. The lowest BCUT2D eigenvalue weighted by Gasteiger charge is -2.20. The minimum atomic E-state index is -0.388. The summed E-state index contributed by atoms with van der Waals surface area (Å²) in [7, 11) is 0. The summed E-state index contributed by atoms with van der Waals surface area (Å²) >= 11 is 0. The van der Waals surface area contributed by atoms with Crippen molar-refractivity contribution in [1.82, 2.24) is 15.0 Å². The molecule has 306 valence electrons. The highest BCUT2D eigenvalue weighted by Gasteiger charge is 2.25. The lowest BCUT2D eigenvalue weighted by atomic mass is 10.1. The van der Waals surface area contributed by atoms with Gasteiger partial charge in [0.05, 0.1) is 0 Å². The monoisotopic (exact) mass is 840 g/mol. The average molecular weight is 841 g/mol. The van der Waals surface area contributed by atoms with E-state index in [-0.39, 0.29) is 123 Å². The molecule has 4 aromatic rings. The van der Waals surface area contributed by atoms with Crippen molar-refractivity contribution >= 4 is 17.8 Å². The molecule has 7 rings (SSSR count). The van der Waals surface area contributed by atoms with Crippen LogP contribution in [0.1, 0.15) is 19.3 Å². The van der Waals surface area contributed by atoms with Crippen LogP contribution in [-0.4, -0.2) is 32.8 Å². The first-order valence-corrected chi connectivity index (χ1v) is 18.1. The van der Waals surface area contributed by atoms with Gasteiger partial charge in [0, 0.05) is 36.0 Å². The third-order valence-electron chi connectivity index (χ3n) is 8.38. The minimum Gasteiger partial charge on any atom is -0.453 e. The molecule has 18 nitrogen and oxygen atoms in total. The van der Waals surface area contributed by atoms with Crippen LogP contribution >= 0.6 is 0 Å². The van der Waals surface area contributed by atoms with E-state index in [2.05, 4.69) is 15.0 Å². The van der Waals surface area contributed by atoms with E-state index in [1.807, 2.05) is 17.8 Å². The zero-order valence-corrected chi connectivity index (χ0v) is 32.1. The molecule has 0 amide bonds. The summed E-state index contributed by atoms with van der Waals surface area (Å²) in [4.78, 5) is 48.2. The Balaban J connectivity index is 1.22. The summed E-state index contributed by atoms with van der Waals surface area (Å²) in [5.41, 5.74) is 0.721. The van der Waals surface area contributed by atoms with Crippen molar-refractivity contribution in [2.75, 3.05) is 0 Å². The predicted molar refractivity (Wildman–Crippen MR) is 212 cm³/mol. The number of ether oxygens (including phenoxy) is 9. The lowest BCUT2D eigenvalue weighted by molar-refractivity contribution is 0.284. The van der Waals surface area contributed by atoms with E-state index < -0.39 is 0 Å². The smallest absolute Gasteiger partial charge is 0.331 e. The van der Waals surface area contributed by atoms with Crippen molar-refractivity contribution < 1.29 is 57.0 Å². The number of nitriles is 3. The Kier molecular flexibility index (Phi) is 12.9. The van der Waals surface area contributed by atoms with Crippen molar-refractivity contribution in [3.63, 3.8) is 0 Å². The summed E-state index contributed by atoms with van der Waals surface area (Å²) in [6, 6.07) is 17.0. The highest BCUT2D eigenvalue weighted by atomic mass is 16.6. The SMILES string of the molecule is N#COc1ccc(OC2=CC(=C=O)CC=C2Oc2nc(OC3=CCC(=C=O)C=C3Oc3ccc(OC#N)cc3)nc(OC3=CCC(=C=O)C=C3Oc3ccc(OC#N)cc3)n2)cc1. The van der Waals surface area contributed by atoms with Gasteiger partial charge in [-0.15, -0.1) is 30.7 Å². The predicted octanol–water partition coefficient (Wildman–Crippen LogP) is 6.61. The fourth-order valence-corrected chi connectivity index (χ4v) is 5.52. The van der Waals surface area contributed by atoms with Crippen LogP contribution in [0, 0.1) is 34.6 Å². The Morgan fingerprint density at radius 1 is 0.365 bits per heavy atom.